The molecule has 2 atom stereocenters. The minimum atomic E-state index is -3.13. The van der Waals surface area contributed by atoms with Gasteiger partial charge in [-0.2, -0.15) is 10.1 Å². The number of para-hydroxylation sites is 1. The second kappa shape index (κ2) is 15.0. The molecule has 11 rings (SSSR count). The van der Waals surface area contributed by atoms with Crippen LogP contribution in [0.15, 0.2) is 47.4 Å². The Hall–Kier alpha value is -5.55. The van der Waals surface area contributed by atoms with Crippen molar-refractivity contribution >= 4 is 74.0 Å². The topological polar surface area (TPSA) is 155 Å². The Morgan fingerprint density at radius 3 is 2.46 bits per heavy atom. The van der Waals surface area contributed by atoms with E-state index >= 15 is 8.78 Å². The number of aromatic nitrogens is 5. The average molecular weight is 882 g/mol. The molecule has 3 aromatic heterocycles. The first-order valence-electron chi connectivity index (χ1n) is 22.1. The van der Waals surface area contributed by atoms with Crippen molar-refractivity contribution in [1.82, 2.24) is 34.5 Å². The minimum Gasteiger partial charge on any atom is -0.480 e. The van der Waals surface area contributed by atoms with Crippen LogP contribution in [0.3, 0.4) is 0 Å². The number of benzene rings is 2. The largest absolute Gasteiger partial charge is 0.480 e. The molecule has 2 aromatic carbocycles. The van der Waals surface area contributed by atoms with Crippen molar-refractivity contribution in [2.75, 3.05) is 66.3 Å². The summed E-state index contributed by atoms with van der Waals surface area (Å²) in [6.07, 6.45) is 8.28. The third-order valence-electron chi connectivity index (χ3n) is 14.7. The van der Waals surface area contributed by atoms with Crippen LogP contribution in [0, 0.1) is 11.3 Å². The zero-order valence-electron chi connectivity index (χ0n) is 35.3. The number of nitrogens with one attached hydrogen (secondary N) is 3. The molecule has 7 heterocycles. The molecule has 6 aliphatic rings. The number of imide groups is 1. The number of piperidine rings is 2. The lowest BCUT2D eigenvalue weighted by atomic mass is 9.60. The van der Waals surface area contributed by atoms with Gasteiger partial charge >= 0.3 is 5.92 Å². The van der Waals surface area contributed by atoms with Gasteiger partial charge < -0.3 is 29.7 Å². The molecule has 0 bridgehead atoms. The van der Waals surface area contributed by atoms with Gasteiger partial charge in [-0.3, -0.25) is 29.3 Å². The van der Waals surface area contributed by atoms with Crippen LogP contribution >= 0.6 is 11.6 Å². The Balaban J connectivity index is 0.725. The molecule has 2 aliphatic carbocycles. The van der Waals surface area contributed by atoms with Gasteiger partial charge in [0.2, 0.25) is 23.5 Å². The second-order valence-electron chi connectivity index (χ2n) is 18.6. The number of pyridine rings is 1. The fourth-order valence-electron chi connectivity index (χ4n) is 10.9. The number of carbonyl (C=O) groups is 2. The maximum atomic E-state index is 15.2. The highest BCUT2D eigenvalue weighted by Crippen LogP contribution is 2.52. The van der Waals surface area contributed by atoms with Crippen LogP contribution < -0.4 is 36.0 Å². The van der Waals surface area contributed by atoms with Crippen LogP contribution in [-0.4, -0.2) is 105 Å². The molecule has 2 unspecified atom stereocenters. The van der Waals surface area contributed by atoms with Gasteiger partial charge in [-0.1, -0.05) is 23.7 Å². The minimum absolute atomic E-state index is 0.102. The van der Waals surface area contributed by atoms with E-state index in [1.54, 1.807) is 19.3 Å². The highest BCUT2D eigenvalue weighted by Gasteiger charge is 2.51. The van der Waals surface area contributed by atoms with Crippen molar-refractivity contribution in [3.63, 3.8) is 0 Å². The van der Waals surface area contributed by atoms with Crippen LogP contribution in [0.25, 0.3) is 21.8 Å². The molecule has 5 fully saturated rings. The summed E-state index contributed by atoms with van der Waals surface area (Å²) in [6, 6.07) is 11.1. The van der Waals surface area contributed by atoms with Gasteiger partial charge in [0.05, 0.1) is 46.3 Å². The number of amides is 2. The predicted molar refractivity (Wildman–Crippen MR) is 237 cm³/mol. The molecule has 2 saturated carbocycles. The number of alkyl halides is 2. The molecule has 18 heteroatoms. The van der Waals surface area contributed by atoms with E-state index in [-0.39, 0.29) is 29.2 Å². The molecule has 4 aliphatic heterocycles. The van der Waals surface area contributed by atoms with E-state index < -0.39 is 30.0 Å². The number of ether oxygens (including phenoxy) is 1. The standard InChI is InChI=1S/C45H50ClF2N11O4/c1-55-32-10-8-26(20-30(32)36-38(42(55)62)63-24-45(47,48)39(52-36)25-6-7-25)50-40-31(46)23-49-43(53-40)59-14-12-44(13-15-59)21-27(22-44)57-16-18-58(19-17-57)33-5-3-4-28-35(54-56(2)37(28)33)29-9-11-34(60)51-41(29)61/h3-5,8,10,20,23,25,27,29,39,52H,6-7,9,11-19,21-22,24H2,1-2H3,(H,49,50,53)(H,51,60,61). The number of piperazine rings is 1. The monoisotopic (exact) mass is 881 g/mol. The molecule has 0 radical (unpaired) electrons. The van der Waals surface area contributed by atoms with E-state index in [1.807, 2.05) is 36.0 Å². The number of carbonyl (C=O) groups excluding carboxylic acids is 2. The molecule has 3 saturated heterocycles. The molecule has 1 spiro atoms. The van der Waals surface area contributed by atoms with E-state index in [2.05, 4.69) is 41.7 Å². The number of anilines is 5. The maximum Gasteiger partial charge on any atom is 0.301 e. The van der Waals surface area contributed by atoms with Gasteiger partial charge in [0.1, 0.15) is 5.02 Å². The van der Waals surface area contributed by atoms with Crippen molar-refractivity contribution in [3.05, 3.63) is 63.7 Å². The summed E-state index contributed by atoms with van der Waals surface area (Å²) in [7, 11) is 3.55. The first-order chi connectivity index (χ1) is 30.3. The molecule has 15 nitrogen and oxygen atoms in total. The molecule has 5 aromatic rings. The van der Waals surface area contributed by atoms with Gasteiger partial charge in [-0.25, -0.2) is 13.8 Å². The van der Waals surface area contributed by atoms with E-state index in [4.69, 9.17) is 26.4 Å². The van der Waals surface area contributed by atoms with E-state index in [9.17, 15) is 14.4 Å². The fourth-order valence-corrected chi connectivity index (χ4v) is 11.1. The summed E-state index contributed by atoms with van der Waals surface area (Å²) >= 11 is 6.66. The highest BCUT2D eigenvalue weighted by atomic mass is 35.5. The molecule has 2 amide bonds. The number of aryl methyl sites for hydroxylation is 2. The van der Waals surface area contributed by atoms with Crippen molar-refractivity contribution in [3.8, 4) is 5.75 Å². The normalized spacial score (nSPS) is 23.8. The van der Waals surface area contributed by atoms with Crippen molar-refractivity contribution in [2.24, 2.45) is 25.4 Å². The SMILES string of the molecule is Cn1nc(C2CCC(=O)NC2=O)c2cccc(N3CCN(C4CC5(CCN(c6ncc(Cl)c(Nc7ccc8c(c7)c7c(c(=O)n8C)OCC(F)(F)C(C8CC8)N7)n6)CC5)C4)CC3)c21. The maximum absolute atomic E-state index is 15.2. The highest BCUT2D eigenvalue weighted by molar-refractivity contribution is 6.33. The first-order valence-corrected chi connectivity index (χ1v) is 22.5. The zero-order valence-corrected chi connectivity index (χ0v) is 36.1. The lowest BCUT2D eigenvalue weighted by molar-refractivity contribution is -0.134. The van der Waals surface area contributed by atoms with E-state index in [0.29, 0.717) is 70.5 Å². The van der Waals surface area contributed by atoms with Crippen LogP contribution in [0.2, 0.25) is 5.02 Å². The van der Waals surface area contributed by atoms with Gasteiger partial charge in [0.15, 0.2) is 12.4 Å². The fraction of sp³-hybridized carbons (Fsp3) is 0.511. The van der Waals surface area contributed by atoms with Crippen molar-refractivity contribution in [2.45, 2.75) is 75.3 Å². The van der Waals surface area contributed by atoms with Gasteiger partial charge in [-0.15, -0.1) is 0 Å². The van der Waals surface area contributed by atoms with Crippen LogP contribution in [0.5, 0.6) is 5.75 Å². The average Bonchev–Trinajstić information content (AvgIpc) is 4.07. The summed E-state index contributed by atoms with van der Waals surface area (Å²) < 4.78 is 39.2. The Morgan fingerprint density at radius 1 is 0.937 bits per heavy atom. The van der Waals surface area contributed by atoms with E-state index in [1.165, 1.54) is 17.4 Å². The quantitative estimate of drug-likeness (QED) is 0.166. The Bertz CT molecular complexity index is 2730. The first kappa shape index (κ1) is 40.2. The predicted octanol–water partition coefficient (Wildman–Crippen LogP) is 5.92. The number of hydrogen-bond acceptors (Lipinski definition) is 12. The molecule has 3 N–H and O–H groups in total. The van der Waals surface area contributed by atoms with Crippen LogP contribution in [-0.2, 0) is 23.7 Å². The summed E-state index contributed by atoms with van der Waals surface area (Å²) in [5.41, 5.74) is 4.22. The van der Waals surface area contributed by atoms with Gasteiger partial charge in [-0.05, 0) is 80.5 Å². The summed E-state index contributed by atoms with van der Waals surface area (Å²) in [6.45, 7) is 4.60. The summed E-state index contributed by atoms with van der Waals surface area (Å²) in [4.78, 5) is 54.6. The Morgan fingerprint density at radius 2 is 1.71 bits per heavy atom. The lowest BCUT2D eigenvalue weighted by Gasteiger charge is -2.56. The third-order valence-corrected chi connectivity index (χ3v) is 14.9. The second-order valence-corrected chi connectivity index (χ2v) is 19.0. The molecule has 63 heavy (non-hydrogen) atoms. The van der Waals surface area contributed by atoms with E-state index in [0.717, 1.165) is 74.4 Å². The van der Waals surface area contributed by atoms with Crippen LogP contribution in [0.4, 0.5) is 37.6 Å². The number of rotatable bonds is 7. The molecule has 330 valence electrons. The number of halogens is 3. The van der Waals surface area contributed by atoms with Crippen molar-refractivity contribution in [1.29, 1.82) is 0 Å². The number of hydrogen-bond donors (Lipinski definition) is 3. The number of nitrogens with zero attached hydrogens (tertiary/aromatic N) is 8. The molecular formula is C45H50ClF2N11O4. The van der Waals surface area contributed by atoms with Gasteiger partial charge in [0, 0.05) is 82.3 Å². The lowest BCUT2D eigenvalue weighted by Crippen LogP contribution is -2.59. The van der Waals surface area contributed by atoms with Crippen LogP contribution in [0.1, 0.15) is 63.0 Å². The summed E-state index contributed by atoms with van der Waals surface area (Å²) in [5.74, 6) is -3.31. The summed E-state index contributed by atoms with van der Waals surface area (Å²) in [5, 5.41) is 15.6. The smallest absolute Gasteiger partial charge is 0.301 e. The zero-order chi connectivity index (χ0) is 43.4. The Kier molecular flexibility index (Phi) is 9.60. The van der Waals surface area contributed by atoms with Crippen molar-refractivity contribution < 1.29 is 23.1 Å². The third kappa shape index (κ3) is 7.02. The molecular weight excluding hydrogens is 832 g/mol. The Labute approximate surface area is 367 Å². The number of fused-ring (bicyclic) bond motifs is 4. The van der Waals surface area contributed by atoms with Gasteiger partial charge in [0.25, 0.3) is 5.56 Å².